The number of hydrogen-bond acceptors (Lipinski definition) is 8. The molecule has 2 aromatic heterocycles. The van der Waals surface area contributed by atoms with E-state index < -0.39 is 41.6 Å². The third kappa shape index (κ3) is 5.97. The predicted octanol–water partition coefficient (Wildman–Crippen LogP) is 6.25. The average molecular weight is 631 g/mol. The van der Waals surface area contributed by atoms with Gasteiger partial charge in [0.15, 0.2) is 12.4 Å². The second kappa shape index (κ2) is 11.3. The second-order valence-corrected chi connectivity index (χ2v) is 10.8. The minimum atomic E-state index is -4.70. The molecule has 5 rings (SSSR count). The molecular formula is C25H20BrF5N4O3S. The van der Waals surface area contributed by atoms with Crippen LogP contribution in [-0.2, 0) is 15.8 Å². The van der Waals surface area contributed by atoms with Crippen molar-refractivity contribution in [1.82, 2.24) is 14.9 Å². The molecule has 2 aliphatic heterocycles. The molecule has 0 saturated carbocycles. The van der Waals surface area contributed by atoms with E-state index in [2.05, 4.69) is 31.1 Å². The first-order valence-corrected chi connectivity index (χ1v) is 13.5. The number of carbonyl (C=O) groups excluding carboxylic acids is 1. The van der Waals surface area contributed by atoms with Gasteiger partial charge in [-0.1, -0.05) is 11.2 Å². The summed E-state index contributed by atoms with van der Waals surface area (Å²) in [5.74, 6) is -2.02. The number of benzene rings is 1. The molecule has 0 aliphatic carbocycles. The minimum absolute atomic E-state index is 0.0478. The zero-order valence-corrected chi connectivity index (χ0v) is 22.4. The molecule has 14 heteroatoms. The minimum Gasteiger partial charge on any atom is -0.451 e. The van der Waals surface area contributed by atoms with Gasteiger partial charge in [-0.3, -0.25) is 9.69 Å². The van der Waals surface area contributed by atoms with E-state index in [-0.39, 0.29) is 22.4 Å². The largest absolute Gasteiger partial charge is 0.451 e. The molecule has 3 aromatic rings. The van der Waals surface area contributed by atoms with Gasteiger partial charge in [0.25, 0.3) is 0 Å². The van der Waals surface area contributed by atoms with Gasteiger partial charge in [-0.15, -0.1) is 11.3 Å². The number of piperidine rings is 1. The van der Waals surface area contributed by atoms with Crippen molar-refractivity contribution in [2.45, 2.75) is 43.7 Å². The SMILES string of the molecule is O=CC(Oc1ncc(Br)cc1C(F)(F)F)N1CCC(c2nc(C3=NO[C@@H](c4c(F)cccc4F)C3)cs2)CC1. The lowest BCUT2D eigenvalue weighted by molar-refractivity contribution is -0.142. The van der Waals surface area contributed by atoms with E-state index in [0.29, 0.717) is 43.6 Å². The number of oxime groups is 1. The van der Waals surface area contributed by atoms with Crippen molar-refractivity contribution >= 4 is 39.3 Å². The van der Waals surface area contributed by atoms with Gasteiger partial charge in [0.1, 0.15) is 22.9 Å². The first-order chi connectivity index (χ1) is 18.6. The topological polar surface area (TPSA) is 76.9 Å². The molecule has 1 aromatic carbocycles. The number of ether oxygens (including phenoxy) is 1. The highest BCUT2D eigenvalue weighted by atomic mass is 79.9. The second-order valence-electron chi connectivity index (χ2n) is 9.00. The molecule has 1 unspecified atom stereocenters. The van der Waals surface area contributed by atoms with Crippen molar-refractivity contribution in [3.63, 3.8) is 0 Å². The van der Waals surface area contributed by atoms with Crippen LogP contribution in [0.2, 0.25) is 0 Å². The van der Waals surface area contributed by atoms with Gasteiger partial charge in [0.05, 0.1) is 16.3 Å². The number of aromatic nitrogens is 2. The average Bonchev–Trinajstić information content (AvgIpc) is 3.58. The Morgan fingerprint density at radius 3 is 2.59 bits per heavy atom. The number of halogens is 6. The Morgan fingerprint density at radius 2 is 1.92 bits per heavy atom. The smallest absolute Gasteiger partial charge is 0.421 e. The summed E-state index contributed by atoms with van der Waals surface area (Å²) >= 11 is 4.39. The van der Waals surface area contributed by atoms with Crippen LogP contribution in [0.1, 0.15) is 53.1 Å². The molecule has 0 spiro atoms. The summed E-state index contributed by atoms with van der Waals surface area (Å²) in [6.45, 7) is 0.777. The number of pyridine rings is 1. The lowest BCUT2D eigenvalue weighted by Crippen LogP contribution is -2.45. The Hall–Kier alpha value is -2.97. The Morgan fingerprint density at radius 1 is 1.21 bits per heavy atom. The van der Waals surface area contributed by atoms with E-state index in [1.807, 2.05) is 0 Å². The van der Waals surface area contributed by atoms with E-state index in [1.165, 1.54) is 23.6 Å². The number of rotatable bonds is 7. The third-order valence-electron chi connectivity index (χ3n) is 6.52. The lowest BCUT2D eigenvalue weighted by atomic mass is 9.97. The van der Waals surface area contributed by atoms with Crippen molar-refractivity contribution in [1.29, 1.82) is 0 Å². The van der Waals surface area contributed by atoms with E-state index in [0.717, 1.165) is 23.2 Å². The Labute approximate surface area is 231 Å². The van der Waals surface area contributed by atoms with Crippen LogP contribution in [0.5, 0.6) is 5.88 Å². The zero-order chi connectivity index (χ0) is 27.7. The fourth-order valence-corrected chi connectivity index (χ4v) is 5.87. The van der Waals surface area contributed by atoms with Crippen LogP contribution in [0.4, 0.5) is 22.0 Å². The Kier molecular flexibility index (Phi) is 7.96. The molecule has 2 aliphatic rings. The maximum absolute atomic E-state index is 14.1. The summed E-state index contributed by atoms with van der Waals surface area (Å²) in [7, 11) is 0. The summed E-state index contributed by atoms with van der Waals surface area (Å²) in [6, 6.07) is 4.46. The van der Waals surface area contributed by atoms with Crippen LogP contribution < -0.4 is 4.74 Å². The van der Waals surface area contributed by atoms with Gasteiger partial charge < -0.3 is 9.57 Å². The molecule has 206 valence electrons. The molecule has 4 heterocycles. The number of likely N-dealkylation sites (tertiary alicyclic amines) is 1. The van der Waals surface area contributed by atoms with Gasteiger partial charge >= 0.3 is 6.18 Å². The maximum atomic E-state index is 14.1. The third-order valence-corrected chi connectivity index (χ3v) is 7.96. The van der Waals surface area contributed by atoms with Gasteiger partial charge in [-0.2, -0.15) is 13.2 Å². The van der Waals surface area contributed by atoms with E-state index in [1.54, 1.807) is 10.3 Å². The number of carbonyl (C=O) groups is 1. The van der Waals surface area contributed by atoms with Crippen LogP contribution in [0, 0.1) is 11.6 Å². The Bertz CT molecular complexity index is 1370. The van der Waals surface area contributed by atoms with Crippen LogP contribution in [-0.4, -0.2) is 46.2 Å². The van der Waals surface area contributed by atoms with E-state index >= 15 is 0 Å². The van der Waals surface area contributed by atoms with Gasteiger partial charge in [-0.05, 0) is 47.0 Å². The molecular weight excluding hydrogens is 611 g/mol. The highest BCUT2D eigenvalue weighted by Crippen LogP contribution is 2.38. The number of thiazole rings is 1. The van der Waals surface area contributed by atoms with E-state index in [9.17, 15) is 26.7 Å². The van der Waals surface area contributed by atoms with Gasteiger partial charge in [0, 0.05) is 41.5 Å². The zero-order valence-electron chi connectivity index (χ0n) is 20.0. The van der Waals surface area contributed by atoms with Crippen molar-refractivity contribution in [2.75, 3.05) is 13.1 Å². The molecule has 1 fully saturated rings. The summed E-state index contributed by atoms with van der Waals surface area (Å²) in [5, 5.41) is 6.62. The standard InChI is InChI=1S/C25H20BrF5N4O3S/c26-14-8-15(25(29,30)31)23(32-10-14)37-21(11-36)35-6-4-13(5-7-35)24-33-19(12-39-24)18-9-20(38-34-18)22-16(27)2-1-3-17(22)28/h1-3,8,10-13,20-21H,4-7,9H2/t20-,21?/m1/s1. The van der Waals surface area contributed by atoms with Crippen molar-refractivity contribution in [3.05, 3.63) is 73.8 Å². The predicted molar refractivity (Wildman–Crippen MR) is 134 cm³/mol. The molecule has 7 nitrogen and oxygen atoms in total. The van der Waals surface area contributed by atoms with Crippen molar-refractivity contribution in [2.24, 2.45) is 5.16 Å². The number of nitrogens with zero attached hydrogens (tertiary/aromatic N) is 4. The summed E-state index contributed by atoms with van der Waals surface area (Å²) < 4.78 is 74.1. The molecule has 1 saturated heterocycles. The molecule has 0 amide bonds. The molecule has 0 radical (unpaired) electrons. The maximum Gasteiger partial charge on any atom is 0.421 e. The fraction of sp³-hybridized carbons (Fsp3) is 0.360. The first kappa shape index (κ1) is 27.6. The first-order valence-electron chi connectivity index (χ1n) is 11.8. The molecule has 39 heavy (non-hydrogen) atoms. The molecule has 0 bridgehead atoms. The van der Waals surface area contributed by atoms with Crippen molar-refractivity contribution < 1.29 is 36.3 Å². The summed E-state index contributed by atoms with van der Waals surface area (Å²) in [5.41, 5.74) is -0.203. The van der Waals surface area contributed by atoms with E-state index in [4.69, 9.17) is 9.57 Å². The number of alkyl halides is 3. The monoisotopic (exact) mass is 630 g/mol. The van der Waals surface area contributed by atoms with Gasteiger partial charge in [0.2, 0.25) is 12.1 Å². The van der Waals surface area contributed by atoms with Crippen LogP contribution in [0.25, 0.3) is 0 Å². The fourth-order valence-electron chi connectivity index (χ4n) is 4.54. The number of aldehydes is 1. The van der Waals surface area contributed by atoms with Crippen LogP contribution in [0.15, 0.2) is 45.5 Å². The highest BCUT2D eigenvalue weighted by molar-refractivity contribution is 9.10. The molecule has 2 atom stereocenters. The summed E-state index contributed by atoms with van der Waals surface area (Å²) in [6.07, 6.45) is -3.83. The van der Waals surface area contributed by atoms with Crippen LogP contribution >= 0.6 is 27.3 Å². The summed E-state index contributed by atoms with van der Waals surface area (Å²) in [4.78, 5) is 27.1. The van der Waals surface area contributed by atoms with Crippen molar-refractivity contribution in [3.8, 4) is 5.88 Å². The van der Waals surface area contributed by atoms with Crippen LogP contribution in [0.3, 0.4) is 0 Å². The molecule has 0 N–H and O–H groups in total. The Balaban J connectivity index is 1.20. The highest BCUT2D eigenvalue weighted by Gasteiger charge is 2.38. The quantitative estimate of drug-likeness (QED) is 0.227. The van der Waals surface area contributed by atoms with Gasteiger partial charge in [-0.25, -0.2) is 18.7 Å². The lowest BCUT2D eigenvalue weighted by Gasteiger charge is -2.34. The number of hydrogen-bond donors (Lipinski definition) is 0. The normalized spacial score (nSPS) is 19.4.